The Labute approximate surface area is 107 Å². The minimum atomic E-state index is -0.211. The predicted octanol–water partition coefficient (Wildman–Crippen LogP) is 1.52. The molecule has 7 heteroatoms. The van der Waals surface area contributed by atoms with E-state index in [0.717, 1.165) is 34.1 Å². The Bertz CT molecular complexity index is 564. The molecule has 2 aromatic heterocycles. The molecular weight excluding hydrogens is 252 g/mol. The summed E-state index contributed by atoms with van der Waals surface area (Å²) in [6.07, 6.45) is 3.31. The normalized spacial score (nSPS) is 17.7. The highest BCUT2D eigenvalue weighted by molar-refractivity contribution is 7.15. The number of aryl methyl sites for hydroxylation is 1. The number of nitrogens with one attached hydrogen (secondary N) is 1. The number of hydrogen-bond acceptors (Lipinski definition) is 6. The molecule has 1 aliphatic rings. The second-order valence-electron chi connectivity index (χ2n) is 4.03. The van der Waals surface area contributed by atoms with Crippen molar-refractivity contribution in [3.63, 3.8) is 0 Å². The molecule has 0 spiro atoms. The maximum Gasteiger partial charge on any atom is 0.315 e. The number of carbonyl (C=O) groups excluding carboxylic acids is 1. The van der Waals surface area contributed by atoms with Crippen molar-refractivity contribution in [3.8, 4) is 10.7 Å². The summed E-state index contributed by atoms with van der Waals surface area (Å²) in [5.41, 5.74) is 1.58. The number of aromatic amines is 1. The standard InChI is InChI=1S/C11H12N4O2S/c1-2-17-11(16)6-3-4-8-9(6)13-10(18-8)7-5-12-15-14-7/h5-6H,2-4H2,1H3,(H,12,14,15). The summed E-state index contributed by atoms with van der Waals surface area (Å²) >= 11 is 1.58. The highest BCUT2D eigenvalue weighted by Crippen LogP contribution is 2.39. The van der Waals surface area contributed by atoms with Crippen molar-refractivity contribution in [2.45, 2.75) is 25.7 Å². The minimum absolute atomic E-state index is 0.173. The van der Waals surface area contributed by atoms with Crippen molar-refractivity contribution in [2.75, 3.05) is 6.61 Å². The lowest BCUT2D eigenvalue weighted by Crippen LogP contribution is -2.14. The molecule has 94 valence electrons. The number of nitrogens with zero attached hydrogens (tertiary/aromatic N) is 3. The molecule has 0 saturated heterocycles. The van der Waals surface area contributed by atoms with Gasteiger partial charge in [-0.1, -0.05) is 0 Å². The maximum absolute atomic E-state index is 11.8. The van der Waals surface area contributed by atoms with Crippen LogP contribution in [0.4, 0.5) is 0 Å². The van der Waals surface area contributed by atoms with Crippen LogP contribution in [0.25, 0.3) is 10.7 Å². The van der Waals surface area contributed by atoms with Crippen LogP contribution < -0.4 is 0 Å². The van der Waals surface area contributed by atoms with Crippen molar-refractivity contribution in [1.29, 1.82) is 0 Å². The van der Waals surface area contributed by atoms with E-state index in [0.29, 0.717) is 6.61 Å². The maximum atomic E-state index is 11.8. The number of rotatable bonds is 3. The van der Waals surface area contributed by atoms with E-state index < -0.39 is 0 Å². The summed E-state index contributed by atoms with van der Waals surface area (Å²) in [5, 5.41) is 11.1. The van der Waals surface area contributed by atoms with E-state index in [2.05, 4.69) is 20.4 Å². The second kappa shape index (κ2) is 4.49. The molecule has 1 N–H and O–H groups in total. The van der Waals surface area contributed by atoms with Crippen LogP contribution in [0, 0.1) is 0 Å². The van der Waals surface area contributed by atoms with E-state index in [1.54, 1.807) is 17.5 Å². The number of H-pyrrole nitrogens is 1. The molecule has 0 saturated carbocycles. The summed E-state index contributed by atoms with van der Waals surface area (Å²) in [5.74, 6) is -0.384. The molecule has 1 unspecified atom stereocenters. The highest BCUT2D eigenvalue weighted by atomic mass is 32.1. The van der Waals surface area contributed by atoms with Gasteiger partial charge in [0, 0.05) is 4.88 Å². The molecule has 2 heterocycles. The number of esters is 1. The highest BCUT2D eigenvalue weighted by Gasteiger charge is 2.33. The zero-order valence-electron chi connectivity index (χ0n) is 9.84. The molecule has 0 amide bonds. The van der Waals surface area contributed by atoms with Crippen LogP contribution in [-0.4, -0.2) is 33.0 Å². The number of thiazole rings is 1. The van der Waals surface area contributed by atoms with Gasteiger partial charge in [-0.25, -0.2) is 4.98 Å². The zero-order chi connectivity index (χ0) is 12.5. The molecule has 0 bridgehead atoms. The van der Waals surface area contributed by atoms with Gasteiger partial charge in [0.25, 0.3) is 0 Å². The predicted molar refractivity (Wildman–Crippen MR) is 65.2 cm³/mol. The van der Waals surface area contributed by atoms with Crippen molar-refractivity contribution >= 4 is 17.3 Å². The summed E-state index contributed by atoms with van der Waals surface area (Å²) in [6.45, 7) is 2.22. The third kappa shape index (κ3) is 1.80. The third-order valence-electron chi connectivity index (χ3n) is 2.92. The topological polar surface area (TPSA) is 80.8 Å². The van der Waals surface area contributed by atoms with Crippen LogP contribution in [0.15, 0.2) is 6.20 Å². The first kappa shape index (κ1) is 11.3. The summed E-state index contributed by atoms with van der Waals surface area (Å²) < 4.78 is 5.07. The number of ether oxygens (including phenoxy) is 1. The first-order valence-corrected chi connectivity index (χ1v) is 6.63. The SMILES string of the molecule is CCOC(=O)C1CCc2sc(-c3cn[nH]n3)nc21. The second-order valence-corrected chi connectivity index (χ2v) is 5.11. The van der Waals surface area contributed by atoms with Crippen LogP contribution >= 0.6 is 11.3 Å². The number of carbonyl (C=O) groups is 1. The Morgan fingerprint density at radius 2 is 2.56 bits per heavy atom. The molecular formula is C11H12N4O2S. The lowest BCUT2D eigenvalue weighted by molar-refractivity contribution is -0.145. The van der Waals surface area contributed by atoms with E-state index in [1.165, 1.54) is 0 Å². The monoisotopic (exact) mass is 264 g/mol. The van der Waals surface area contributed by atoms with Crippen LogP contribution in [0.3, 0.4) is 0 Å². The van der Waals surface area contributed by atoms with Gasteiger partial charge in [-0.05, 0) is 19.8 Å². The van der Waals surface area contributed by atoms with E-state index in [9.17, 15) is 4.79 Å². The summed E-state index contributed by atoms with van der Waals surface area (Å²) in [7, 11) is 0. The van der Waals surface area contributed by atoms with Gasteiger partial charge in [-0.3, -0.25) is 4.79 Å². The van der Waals surface area contributed by atoms with Crippen LogP contribution in [0.2, 0.25) is 0 Å². The third-order valence-corrected chi connectivity index (χ3v) is 4.08. The molecule has 1 aliphatic carbocycles. The van der Waals surface area contributed by atoms with Crippen LogP contribution in [-0.2, 0) is 16.0 Å². The van der Waals surface area contributed by atoms with Gasteiger partial charge in [0.1, 0.15) is 16.6 Å². The van der Waals surface area contributed by atoms with Crippen molar-refractivity contribution in [1.82, 2.24) is 20.4 Å². The smallest absolute Gasteiger partial charge is 0.315 e. The van der Waals surface area contributed by atoms with Gasteiger partial charge in [0.05, 0.1) is 18.5 Å². The first-order valence-electron chi connectivity index (χ1n) is 5.82. The van der Waals surface area contributed by atoms with E-state index in [-0.39, 0.29) is 11.9 Å². The number of aromatic nitrogens is 4. The van der Waals surface area contributed by atoms with Gasteiger partial charge in [-0.2, -0.15) is 15.4 Å². The number of fused-ring (bicyclic) bond motifs is 1. The van der Waals surface area contributed by atoms with E-state index in [4.69, 9.17) is 4.74 Å². The molecule has 18 heavy (non-hydrogen) atoms. The fourth-order valence-corrected chi connectivity index (χ4v) is 3.21. The average molecular weight is 264 g/mol. The van der Waals surface area contributed by atoms with Gasteiger partial charge < -0.3 is 4.74 Å². The van der Waals surface area contributed by atoms with E-state index >= 15 is 0 Å². The van der Waals surface area contributed by atoms with Crippen molar-refractivity contribution < 1.29 is 9.53 Å². The summed E-state index contributed by atoms with van der Waals surface area (Å²) in [4.78, 5) is 17.5. The lowest BCUT2D eigenvalue weighted by Gasteiger charge is -2.07. The van der Waals surface area contributed by atoms with Gasteiger partial charge in [0.2, 0.25) is 0 Å². The number of hydrogen-bond donors (Lipinski definition) is 1. The molecule has 3 rings (SSSR count). The molecule has 2 aromatic rings. The lowest BCUT2D eigenvalue weighted by atomic mass is 10.1. The Morgan fingerprint density at radius 1 is 1.67 bits per heavy atom. The van der Waals surface area contributed by atoms with Gasteiger partial charge in [-0.15, -0.1) is 11.3 Å². The Hall–Kier alpha value is -1.76. The Balaban J connectivity index is 1.90. The van der Waals surface area contributed by atoms with E-state index in [1.807, 2.05) is 6.92 Å². The molecule has 0 radical (unpaired) electrons. The average Bonchev–Trinajstić information content (AvgIpc) is 3.04. The summed E-state index contributed by atoms with van der Waals surface area (Å²) in [6, 6.07) is 0. The molecule has 0 fully saturated rings. The van der Waals surface area contributed by atoms with Gasteiger partial charge in [0.15, 0.2) is 0 Å². The van der Waals surface area contributed by atoms with Crippen LogP contribution in [0.5, 0.6) is 0 Å². The molecule has 6 nitrogen and oxygen atoms in total. The first-order chi connectivity index (χ1) is 8.79. The zero-order valence-corrected chi connectivity index (χ0v) is 10.7. The fourth-order valence-electron chi connectivity index (χ4n) is 2.11. The van der Waals surface area contributed by atoms with Crippen molar-refractivity contribution in [2.24, 2.45) is 0 Å². The fraction of sp³-hybridized carbons (Fsp3) is 0.455. The Kier molecular flexibility index (Phi) is 2.83. The largest absolute Gasteiger partial charge is 0.465 e. The molecule has 0 aromatic carbocycles. The van der Waals surface area contributed by atoms with Crippen LogP contribution in [0.1, 0.15) is 29.8 Å². The minimum Gasteiger partial charge on any atom is -0.465 e. The molecule has 1 atom stereocenters. The Morgan fingerprint density at radius 3 is 3.28 bits per heavy atom. The van der Waals surface area contributed by atoms with Gasteiger partial charge >= 0.3 is 5.97 Å². The quantitative estimate of drug-likeness (QED) is 0.850. The molecule has 0 aliphatic heterocycles. The van der Waals surface area contributed by atoms with Crippen molar-refractivity contribution in [3.05, 3.63) is 16.8 Å².